The lowest BCUT2D eigenvalue weighted by atomic mass is 10.2. The molecule has 0 aromatic carbocycles. The summed E-state index contributed by atoms with van der Waals surface area (Å²) in [5.41, 5.74) is -0.275. The Balaban J connectivity index is 0.000000745. The number of halogens is 1. The quantitative estimate of drug-likeness (QED) is 0.483. The van der Waals surface area contributed by atoms with Crippen molar-refractivity contribution in [2.45, 2.75) is 6.54 Å². The van der Waals surface area contributed by atoms with Gasteiger partial charge in [0.15, 0.2) is 11.2 Å². The number of carbonyl (C=O) groups is 1. The second-order valence-corrected chi connectivity index (χ2v) is 3.67. The molecule has 2 aromatic heterocycles. The number of nitrogens with zero attached hydrogens (tertiary/aromatic N) is 5. The zero-order valence-corrected chi connectivity index (χ0v) is 10.7. The molecule has 0 aliphatic carbocycles. The summed E-state index contributed by atoms with van der Waals surface area (Å²) in [6.07, 6.45) is 2.14. The summed E-state index contributed by atoms with van der Waals surface area (Å²) in [6.45, 7) is 0.00833. The molecule has 2 aromatic rings. The monoisotopic (exact) mass is 313 g/mol. The molecule has 11 nitrogen and oxygen atoms in total. The molecule has 0 unspecified atom stereocenters. The fourth-order valence-electron chi connectivity index (χ4n) is 1.43. The van der Waals surface area contributed by atoms with Crippen LogP contribution in [0.2, 0.25) is 0 Å². The smallest absolute Gasteiger partial charge is 0.389 e. The number of hydrogen-bond donors (Lipinski definition) is 2. The molecule has 116 valence electrons. The van der Waals surface area contributed by atoms with Crippen molar-refractivity contribution in [1.82, 2.24) is 14.8 Å². The predicted octanol–water partition coefficient (Wildman–Crippen LogP) is 1.21. The van der Waals surface area contributed by atoms with Crippen LogP contribution < -0.4 is 0 Å². The first-order valence-electron chi connectivity index (χ1n) is 5.41. The first-order chi connectivity index (χ1) is 10.4. The number of aromatic carboxylic acids is 1. The van der Waals surface area contributed by atoms with Gasteiger partial charge in [0.1, 0.15) is 6.54 Å². The number of carboxylic acids is 1. The van der Waals surface area contributed by atoms with Gasteiger partial charge in [0.25, 0.3) is 0 Å². The summed E-state index contributed by atoms with van der Waals surface area (Å²) >= 11 is 0. The zero-order valence-electron chi connectivity index (χ0n) is 10.7. The molecule has 2 rings (SSSR count). The van der Waals surface area contributed by atoms with E-state index in [2.05, 4.69) is 10.1 Å². The van der Waals surface area contributed by atoms with Crippen molar-refractivity contribution in [1.29, 1.82) is 0 Å². The van der Waals surface area contributed by atoms with Crippen LogP contribution in [0.1, 0.15) is 16.1 Å². The number of carboxylic acid groups (broad SMARTS) is 1. The lowest BCUT2D eigenvalue weighted by Gasteiger charge is -2.01. The van der Waals surface area contributed by atoms with Crippen LogP contribution in [-0.4, -0.2) is 36.0 Å². The Kier molecular flexibility index (Phi) is 5.57. The van der Waals surface area contributed by atoms with E-state index in [0.717, 1.165) is 12.3 Å². The van der Waals surface area contributed by atoms with Crippen LogP contribution in [0.3, 0.4) is 0 Å². The SMILES string of the molecule is O=C(O)c1cc(Cn2ccc([N+](=O)[O-])n2)ncc1F.O=NO. The standard InChI is InChI=1S/C10H7FN4O4.HNO2/c11-8-4-12-6(3-7(8)10(16)17)5-14-2-1-9(13-14)15(18)19;2-1-3/h1-4H,5H2,(H,16,17);(H,2,3). The van der Waals surface area contributed by atoms with Gasteiger partial charge in [0.05, 0.1) is 34.8 Å². The first-order valence-corrected chi connectivity index (χ1v) is 5.41. The van der Waals surface area contributed by atoms with E-state index in [1.54, 1.807) is 0 Å². The van der Waals surface area contributed by atoms with E-state index < -0.39 is 22.3 Å². The zero-order chi connectivity index (χ0) is 16.7. The summed E-state index contributed by atoms with van der Waals surface area (Å²) in [7, 11) is 0. The fourth-order valence-corrected chi connectivity index (χ4v) is 1.43. The molecule has 0 atom stereocenters. The molecular weight excluding hydrogens is 305 g/mol. The number of nitro groups is 1. The number of hydrogen-bond acceptors (Lipinski definition) is 7. The van der Waals surface area contributed by atoms with E-state index in [0.29, 0.717) is 0 Å². The second-order valence-electron chi connectivity index (χ2n) is 3.67. The van der Waals surface area contributed by atoms with E-state index in [1.165, 1.54) is 22.3 Å². The molecule has 0 fully saturated rings. The Labute approximate surface area is 120 Å². The van der Waals surface area contributed by atoms with Crippen molar-refractivity contribution < 1.29 is 24.4 Å². The molecule has 0 spiro atoms. The topological polar surface area (TPSA) is 161 Å². The van der Waals surface area contributed by atoms with E-state index in [4.69, 9.17) is 15.2 Å². The Morgan fingerprint density at radius 1 is 1.55 bits per heavy atom. The van der Waals surface area contributed by atoms with Crippen molar-refractivity contribution in [2.24, 2.45) is 5.34 Å². The first kappa shape index (κ1) is 16.6. The molecule has 0 saturated carbocycles. The molecule has 0 bridgehead atoms. The molecule has 2 heterocycles. The molecule has 2 N–H and O–H groups in total. The highest BCUT2D eigenvalue weighted by Crippen LogP contribution is 2.11. The molecule has 12 heteroatoms. The predicted molar refractivity (Wildman–Crippen MR) is 66.7 cm³/mol. The summed E-state index contributed by atoms with van der Waals surface area (Å²) in [5, 5.41) is 30.7. The minimum Gasteiger partial charge on any atom is -0.478 e. The third-order valence-electron chi connectivity index (χ3n) is 2.28. The minimum atomic E-state index is -1.41. The molecule has 0 saturated heterocycles. The van der Waals surface area contributed by atoms with Gasteiger partial charge in [-0.2, -0.15) is 4.68 Å². The number of rotatable bonds is 4. The highest BCUT2D eigenvalue weighted by molar-refractivity contribution is 5.87. The third kappa shape index (κ3) is 4.29. The van der Waals surface area contributed by atoms with Gasteiger partial charge in [-0.25, -0.2) is 9.18 Å². The summed E-state index contributed by atoms with van der Waals surface area (Å²) in [5.74, 6) is -2.68. The van der Waals surface area contributed by atoms with Crippen LogP contribution in [0.15, 0.2) is 29.9 Å². The highest BCUT2D eigenvalue weighted by atomic mass is 19.1. The molecule has 22 heavy (non-hydrogen) atoms. The van der Waals surface area contributed by atoms with Crippen LogP contribution in [0.4, 0.5) is 10.2 Å². The minimum absolute atomic E-state index is 0.00833. The normalized spacial score (nSPS) is 9.50. The van der Waals surface area contributed by atoms with E-state index in [-0.39, 0.29) is 18.1 Å². The van der Waals surface area contributed by atoms with Gasteiger partial charge in [-0.1, -0.05) is 0 Å². The van der Waals surface area contributed by atoms with Crippen LogP contribution in [0, 0.1) is 20.8 Å². The maximum atomic E-state index is 13.1. The van der Waals surface area contributed by atoms with Crippen molar-refractivity contribution in [3.05, 3.63) is 56.6 Å². The second kappa shape index (κ2) is 7.37. The van der Waals surface area contributed by atoms with E-state index >= 15 is 0 Å². The van der Waals surface area contributed by atoms with Gasteiger partial charge in [0.2, 0.25) is 0 Å². The van der Waals surface area contributed by atoms with Crippen molar-refractivity contribution >= 4 is 11.8 Å². The number of aromatic nitrogens is 3. The summed E-state index contributed by atoms with van der Waals surface area (Å²) < 4.78 is 14.3. The Hall–Kier alpha value is -3.44. The van der Waals surface area contributed by atoms with Gasteiger partial charge >= 0.3 is 11.8 Å². The lowest BCUT2D eigenvalue weighted by molar-refractivity contribution is -0.389. The number of pyridine rings is 1. The van der Waals surface area contributed by atoms with Gasteiger partial charge in [-0.15, -0.1) is 4.91 Å². The average molecular weight is 313 g/mol. The Bertz CT molecular complexity index is 703. The summed E-state index contributed by atoms with van der Waals surface area (Å²) in [6, 6.07) is 2.26. The Morgan fingerprint density at radius 2 is 2.18 bits per heavy atom. The van der Waals surface area contributed by atoms with Crippen molar-refractivity contribution in [3.63, 3.8) is 0 Å². The van der Waals surface area contributed by atoms with E-state index in [9.17, 15) is 19.3 Å². The fraction of sp³-hybridized carbons (Fsp3) is 0.100. The molecular formula is C10H8FN5O6. The maximum Gasteiger partial charge on any atom is 0.389 e. The third-order valence-corrected chi connectivity index (χ3v) is 2.28. The van der Waals surface area contributed by atoms with Crippen molar-refractivity contribution in [3.8, 4) is 0 Å². The molecule has 0 aliphatic rings. The van der Waals surface area contributed by atoms with Gasteiger partial charge in [-0.3, -0.25) is 4.98 Å². The maximum absolute atomic E-state index is 13.1. The van der Waals surface area contributed by atoms with Crippen molar-refractivity contribution in [2.75, 3.05) is 0 Å². The van der Waals surface area contributed by atoms with Crippen LogP contribution in [0.25, 0.3) is 0 Å². The molecule has 0 radical (unpaired) electrons. The lowest BCUT2D eigenvalue weighted by Crippen LogP contribution is -2.07. The Morgan fingerprint density at radius 3 is 2.68 bits per heavy atom. The van der Waals surface area contributed by atoms with Crippen LogP contribution in [-0.2, 0) is 6.54 Å². The molecule has 0 amide bonds. The van der Waals surface area contributed by atoms with Gasteiger partial charge in [0, 0.05) is 0 Å². The van der Waals surface area contributed by atoms with E-state index in [1.807, 2.05) is 0 Å². The van der Waals surface area contributed by atoms with Crippen LogP contribution >= 0.6 is 0 Å². The highest BCUT2D eigenvalue weighted by Gasteiger charge is 2.15. The van der Waals surface area contributed by atoms with Crippen LogP contribution in [0.5, 0.6) is 0 Å². The van der Waals surface area contributed by atoms with Gasteiger partial charge in [-0.05, 0) is 11.0 Å². The van der Waals surface area contributed by atoms with Gasteiger partial charge < -0.3 is 20.4 Å². The summed E-state index contributed by atoms with van der Waals surface area (Å²) in [4.78, 5) is 32.3. The average Bonchev–Trinajstić information content (AvgIpc) is 2.90. The molecule has 0 aliphatic heterocycles. The largest absolute Gasteiger partial charge is 0.478 e.